The third-order valence-corrected chi connectivity index (χ3v) is 3.62. The van der Waals surface area contributed by atoms with E-state index in [1.807, 2.05) is 6.07 Å². The number of piperazine rings is 1. The van der Waals surface area contributed by atoms with Crippen molar-refractivity contribution in [2.75, 3.05) is 32.9 Å². The van der Waals surface area contributed by atoms with Gasteiger partial charge in [0.1, 0.15) is 6.67 Å². The lowest BCUT2D eigenvalue weighted by molar-refractivity contribution is 0.147. The van der Waals surface area contributed by atoms with Crippen LogP contribution in [0.5, 0.6) is 0 Å². The highest BCUT2D eigenvalue weighted by molar-refractivity contribution is 6.35. The van der Waals surface area contributed by atoms with Gasteiger partial charge in [-0.15, -0.1) is 0 Å². The number of halogens is 3. The van der Waals surface area contributed by atoms with Gasteiger partial charge in [-0.1, -0.05) is 29.3 Å². The molecule has 1 atom stereocenters. The first-order valence-electron chi connectivity index (χ1n) is 5.68. The van der Waals surface area contributed by atoms with Crippen molar-refractivity contribution >= 4 is 23.2 Å². The number of hydrogen-bond donors (Lipinski definition) is 1. The molecule has 1 aliphatic heterocycles. The minimum absolute atomic E-state index is 0.262. The van der Waals surface area contributed by atoms with Gasteiger partial charge >= 0.3 is 0 Å². The Balaban J connectivity index is 2.21. The van der Waals surface area contributed by atoms with E-state index in [0.29, 0.717) is 10.0 Å². The lowest BCUT2D eigenvalue weighted by Gasteiger charge is -2.34. The summed E-state index contributed by atoms with van der Waals surface area (Å²) in [4.78, 5) is 2.12. The van der Waals surface area contributed by atoms with E-state index in [1.165, 1.54) is 0 Å². The molecule has 1 N–H and O–H groups in total. The summed E-state index contributed by atoms with van der Waals surface area (Å²) >= 11 is 12.0. The standard InChI is InChI=1S/C12H15Cl2FN2/c13-9-1-2-10(11(14)7-9)12(8-15)17-5-3-16-4-6-17/h1-2,7,12,16H,3-6,8H2/t12-/m1/s1. The van der Waals surface area contributed by atoms with Crippen LogP contribution in [0.3, 0.4) is 0 Å². The van der Waals surface area contributed by atoms with E-state index in [1.54, 1.807) is 12.1 Å². The first-order chi connectivity index (χ1) is 8.22. The van der Waals surface area contributed by atoms with E-state index in [0.717, 1.165) is 31.7 Å². The van der Waals surface area contributed by atoms with E-state index < -0.39 is 6.67 Å². The topological polar surface area (TPSA) is 15.3 Å². The summed E-state index contributed by atoms with van der Waals surface area (Å²) in [5.41, 5.74) is 0.820. The first-order valence-corrected chi connectivity index (χ1v) is 6.43. The van der Waals surface area contributed by atoms with Crippen LogP contribution in [0.25, 0.3) is 0 Å². The van der Waals surface area contributed by atoms with Crippen molar-refractivity contribution in [2.24, 2.45) is 0 Å². The molecule has 0 radical (unpaired) electrons. The fourth-order valence-electron chi connectivity index (χ4n) is 2.14. The van der Waals surface area contributed by atoms with E-state index in [2.05, 4.69) is 10.2 Å². The number of hydrogen-bond acceptors (Lipinski definition) is 2. The molecule has 1 saturated heterocycles. The van der Waals surface area contributed by atoms with Crippen molar-refractivity contribution in [3.05, 3.63) is 33.8 Å². The summed E-state index contributed by atoms with van der Waals surface area (Å²) in [5.74, 6) is 0. The van der Waals surface area contributed by atoms with Gasteiger partial charge in [-0.05, 0) is 17.7 Å². The summed E-state index contributed by atoms with van der Waals surface area (Å²) in [6.07, 6.45) is 0. The van der Waals surface area contributed by atoms with Crippen molar-refractivity contribution in [1.82, 2.24) is 10.2 Å². The SMILES string of the molecule is FC[C@H](c1ccc(Cl)cc1Cl)N1CCNCC1. The van der Waals surface area contributed by atoms with E-state index in [-0.39, 0.29) is 6.04 Å². The molecule has 0 unspecified atom stereocenters. The normalized spacial score (nSPS) is 19.2. The Labute approximate surface area is 111 Å². The molecule has 17 heavy (non-hydrogen) atoms. The second kappa shape index (κ2) is 6.01. The molecule has 94 valence electrons. The minimum atomic E-state index is -0.429. The molecule has 1 fully saturated rings. The number of rotatable bonds is 3. The number of alkyl halides is 1. The molecule has 2 nitrogen and oxygen atoms in total. The summed E-state index contributed by atoms with van der Waals surface area (Å²) in [7, 11) is 0. The molecule has 1 aliphatic rings. The molecule has 1 aromatic carbocycles. The molecular weight excluding hydrogens is 262 g/mol. The molecule has 1 aromatic rings. The second-order valence-corrected chi connectivity index (χ2v) is 4.97. The number of nitrogens with zero attached hydrogens (tertiary/aromatic N) is 1. The lowest BCUT2D eigenvalue weighted by atomic mass is 10.1. The monoisotopic (exact) mass is 276 g/mol. The van der Waals surface area contributed by atoms with Crippen LogP contribution in [-0.4, -0.2) is 37.8 Å². The molecule has 2 rings (SSSR count). The van der Waals surface area contributed by atoms with Gasteiger partial charge in [-0.25, -0.2) is 4.39 Å². The summed E-state index contributed by atoms with van der Waals surface area (Å²) in [6, 6.07) is 4.98. The van der Waals surface area contributed by atoms with Crippen LogP contribution in [-0.2, 0) is 0 Å². The molecular formula is C12H15Cl2FN2. The van der Waals surface area contributed by atoms with Crippen molar-refractivity contribution < 1.29 is 4.39 Å². The van der Waals surface area contributed by atoms with Gasteiger partial charge in [0.15, 0.2) is 0 Å². The predicted octanol–water partition coefficient (Wildman–Crippen LogP) is 2.91. The van der Waals surface area contributed by atoms with Gasteiger partial charge in [0, 0.05) is 36.2 Å². The average Bonchev–Trinajstić information content (AvgIpc) is 2.34. The molecule has 0 amide bonds. The molecule has 0 aliphatic carbocycles. The maximum Gasteiger partial charge on any atom is 0.109 e. The van der Waals surface area contributed by atoms with Crippen LogP contribution < -0.4 is 5.32 Å². The predicted molar refractivity (Wildman–Crippen MR) is 69.6 cm³/mol. The van der Waals surface area contributed by atoms with Gasteiger partial charge in [-0.3, -0.25) is 4.90 Å². The van der Waals surface area contributed by atoms with Crippen LogP contribution in [0, 0.1) is 0 Å². The van der Waals surface area contributed by atoms with E-state index in [9.17, 15) is 4.39 Å². The Bertz CT molecular complexity index is 381. The smallest absolute Gasteiger partial charge is 0.109 e. The Morgan fingerprint density at radius 1 is 1.29 bits per heavy atom. The highest BCUT2D eigenvalue weighted by Crippen LogP contribution is 2.30. The van der Waals surface area contributed by atoms with Crippen molar-refractivity contribution in [3.63, 3.8) is 0 Å². The largest absolute Gasteiger partial charge is 0.314 e. The van der Waals surface area contributed by atoms with Crippen LogP contribution in [0.2, 0.25) is 10.0 Å². The lowest BCUT2D eigenvalue weighted by Crippen LogP contribution is -2.45. The molecule has 0 saturated carbocycles. The molecule has 0 bridgehead atoms. The summed E-state index contributed by atoms with van der Waals surface area (Å²) < 4.78 is 13.3. The Kier molecular flexibility index (Phi) is 4.62. The van der Waals surface area contributed by atoms with E-state index >= 15 is 0 Å². The molecule has 0 aromatic heterocycles. The van der Waals surface area contributed by atoms with Gasteiger partial charge < -0.3 is 5.32 Å². The molecule has 1 heterocycles. The zero-order chi connectivity index (χ0) is 12.3. The minimum Gasteiger partial charge on any atom is -0.314 e. The van der Waals surface area contributed by atoms with Crippen molar-refractivity contribution in [3.8, 4) is 0 Å². The zero-order valence-electron chi connectivity index (χ0n) is 9.43. The Morgan fingerprint density at radius 2 is 2.00 bits per heavy atom. The fraction of sp³-hybridized carbons (Fsp3) is 0.500. The highest BCUT2D eigenvalue weighted by Gasteiger charge is 2.23. The Hall–Kier alpha value is -0.350. The highest BCUT2D eigenvalue weighted by atomic mass is 35.5. The van der Waals surface area contributed by atoms with Crippen molar-refractivity contribution in [2.45, 2.75) is 6.04 Å². The van der Waals surface area contributed by atoms with Gasteiger partial charge in [-0.2, -0.15) is 0 Å². The molecule has 0 spiro atoms. The van der Waals surface area contributed by atoms with Gasteiger partial charge in [0.25, 0.3) is 0 Å². The molecule has 5 heteroatoms. The van der Waals surface area contributed by atoms with Crippen LogP contribution in [0.15, 0.2) is 18.2 Å². The fourth-order valence-corrected chi connectivity index (χ4v) is 2.68. The third kappa shape index (κ3) is 3.10. The summed E-state index contributed by atoms with van der Waals surface area (Å²) in [5, 5.41) is 4.37. The second-order valence-electron chi connectivity index (χ2n) is 4.12. The van der Waals surface area contributed by atoms with Gasteiger partial charge in [0.05, 0.1) is 6.04 Å². The number of nitrogens with one attached hydrogen (secondary N) is 1. The summed E-state index contributed by atoms with van der Waals surface area (Å²) in [6.45, 7) is 3.03. The first kappa shape index (κ1) is 13.1. The van der Waals surface area contributed by atoms with Crippen molar-refractivity contribution in [1.29, 1.82) is 0 Å². The van der Waals surface area contributed by atoms with Crippen LogP contribution in [0.1, 0.15) is 11.6 Å². The zero-order valence-corrected chi connectivity index (χ0v) is 10.9. The van der Waals surface area contributed by atoms with Crippen LogP contribution >= 0.6 is 23.2 Å². The van der Waals surface area contributed by atoms with Gasteiger partial charge in [0.2, 0.25) is 0 Å². The quantitative estimate of drug-likeness (QED) is 0.913. The number of benzene rings is 1. The van der Waals surface area contributed by atoms with E-state index in [4.69, 9.17) is 23.2 Å². The maximum atomic E-state index is 13.3. The third-order valence-electron chi connectivity index (χ3n) is 3.06. The van der Waals surface area contributed by atoms with Crippen LogP contribution in [0.4, 0.5) is 4.39 Å². The Morgan fingerprint density at radius 3 is 2.59 bits per heavy atom. The average molecular weight is 277 g/mol. The maximum absolute atomic E-state index is 13.3.